The van der Waals surface area contributed by atoms with Gasteiger partial charge in [-0.25, -0.2) is 0 Å². The van der Waals surface area contributed by atoms with E-state index in [1.165, 1.54) is 0 Å². The highest BCUT2D eigenvalue weighted by molar-refractivity contribution is 6.49. The minimum atomic E-state index is -0.235. The van der Waals surface area contributed by atoms with Gasteiger partial charge in [0.25, 0.3) is 0 Å². The molecule has 4 heteroatoms. The number of alkyl halides is 1. The van der Waals surface area contributed by atoms with Crippen LogP contribution in [0.1, 0.15) is 60.8 Å². The van der Waals surface area contributed by atoms with Gasteiger partial charge < -0.3 is 9.31 Å². The molecule has 1 saturated heterocycles. The second-order valence-electron chi connectivity index (χ2n) is 6.72. The zero-order valence-corrected chi connectivity index (χ0v) is 12.9. The van der Waals surface area contributed by atoms with E-state index >= 15 is 0 Å². The van der Waals surface area contributed by atoms with E-state index in [-0.39, 0.29) is 23.6 Å². The summed E-state index contributed by atoms with van der Waals surface area (Å²) >= 11 is 5.72. The first-order chi connectivity index (χ1) is 7.62. The molecule has 0 spiro atoms. The summed E-state index contributed by atoms with van der Waals surface area (Å²) in [7, 11) is -0.122. The van der Waals surface area contributed by atoms with Crippen molar-refractivity contribution in [3.8, 4) is 0 Å². The highest BCUT2D eigenvalue weighted by Crippen LogP contribution is 2.46. The van der Waals surface area contributed by atoms with Gasteiger partial charge in [0.15, 0.2) is 0 Å². The molecule has 0 N–H and O–H groups in total. The number of unbranched alkanes of at least 4 members (excludes halogenated alkanes) is 1. The lowest BCUT2D eigenvalue weighted by Gasteiger charge is -2.32. The molecule has 0 atom stereocenters. The molecule has 1 aliphatic rings. The molecule has 0 aliphatic carbocycles. The molecule has 0 saturated carbocycles. The molecular formula is C13H26BClO2. The first kappa shape index (κ1) is 15.3. The standard InChI is InChI=1S/C13H26BClO2/c1-11(2,9-7-8-10-15)14-16-12(3,4)13(5,6)17-14/h7-10H2,1-6H3. The minimum Gasteiger partial charge on any atom is -0.403 e. The van der Waals surface area contributed by atoms with E-state index in [4.69, 9.17) is 20.9 Å². The van der Waals surface area contributed by atoms with Gasteiger partial charge in [-0.15, -0.1) is 11.6 Å². The van der Waals surface area contributed by atoms with Crippen LogP contribution in [-0.4, -0.2) is 24.2 Å². The highest BCUT2D eigenvalue weighted by Gasteiger charge is 2.55. The molecule has 2 nitrogen and oxygen atoms in total. The normalized spacial score (nSPS) is 23.1. The Kier molecular flexibility index (Phi) is 4.60. The average Bonchev–Trinajstić information content (AvgIpc) is 2.37. The molecule has 0 amide bonds. The van der Waals surface area contributed by atoms with Gasteiger partial charge in [-0.2, -0.15) is 0 Å². The van der Waals surface area contributed by atoms with Crippen LogP contribution in [-0.2, 0) is 9.31 Å². The maximum atomic E-state index is 6.10. The smallest absolute Gasteiger partial charge is 0.403 e. The van der Waals surface area contributed by atoms with E-state index < -0.39 is 0 Å². The van der Waals surface area contributed by atoms with Gasteiger partial charge in [-0.1, -0.05) is 20.3 Å². The van der Waals surface area contributed by atoms with Crippen LogP contribution in [0.4, 0.5) is 0 Å². The van der Waals surface area contributed by atoms with E-state index in [9.17, 15) is 0 Å². The summed E-state index contributed by atoms with van der Waals surface area (Å²) in [6, 6.07) is 0. The average molecular weight is 261 g/mol. The molecule has 0 unspecified atom stereocenters. The molecule has 0 aromatic heterocycles. The lowest BCUT2D eigenvalue weighted by atomic mass is 9.57. The van der Waals surface area contributed by atoms with Crippen LogP contribution in [0.2, 0.25) is 5.31 Å². The molecule has 17 heavy (non-hydrogen) atoms. The Morgan fingerprint density at radius 3 is 1.88 bits per heavy atom. The van der Waals surface area contributed by atoms with E-state index in [0.717, 1.165) is 25.1 Å². The second-order valence-corrected chi connectivity index (χ2v) is 7.10. The summed E-state index contributed by atoms with van der Waals surface area (Å²) in [5, 5.41) is 0.0388. The number of hydrogen-bond donors (Lipinski definition) is 0. The summed E-state index contributed by atoms with van der Waals surface area (Å²) in [5.74, 6) is 0.736. The first-order valence-electron chi connectivity index (χ1n) is 6.54. The molecule has 100 valence electrons. The van der Waals surface area contributed by atoms with Crippen molar-refractivity contribution < 1.29 is 9.31 Å². The number of hydrogen-bond acceptors (Lipinski definition) is 2. The zero-order chi connectivity index (χ0) is 13.3. The van der Waals surface area contributed by atoms with Crippen molar-refractivity contribution >= 4 is 18.7 Å². The lowest BCUT2D eigenvalue weighted by molar-refractivity contribution is 0.00578. The molecule has 1 aliphatic heterocycles. The van der Waals surface area contributed by atoms with Crippen molar-refractivity contribution in [2.75, 3.05) is 5.88 Å². The van der Waals surface area contributed by atoms with E-state index in [0.29, 0.717) is 0 Å². The Hall–Kier alpha value is 0.275. The largest absolute Gasteiger partial charge is 0.463 e. The SMILES string of the molecule is CC(C)(CCCCCl)B1OC(C)(C)C(C)(C)O1. The summed E-state index contributed by atoms with van der Waals surface area (Å²) in [4.78, 5) is 0. The predicted molar refractivity (Wildman–Crippen MR) is 74.7 cm³/mol. The maximum absolute atomic E-state index is 6.10. The zero-order valence-electron chi connectivity index (χ0n) is 12.1. The molecule has 1 heterocycles. The Balaban J connectivity index is 2.63. The van der Waals surface area contributed by atoms with Crippen LogP contribution in [0.15, 0.2) is 0 Å². The van der Waals surface area contributed by atoms with Crippen LogP contribution < -0.4 is 0 Å². The monoisotopic (exact) mass is 260 g/mol. The Labute approximate surface area is 112 Å². The molecule has 1 fully saturated rings. The van der Waals surface area contributed by atoms with Crippen molar-refractivity contribution in [2.45, 2.75) is 77.3 Å². The summed E-state index contributed by atoms with van der Waals surface area (Å²) in [6.45, 7) is 12.8. The third kappa shape index (κ3) is 3.39. The van der Waals surface area contributed by atoms with Crippen LogP contribution in [0.25, 0.3) is 0 Å². The summed E-state index contributed by atoms with van der Waals surface area (Å²) < 4.78 is 12.2. The van der Waals surface area contributed by atoms with E-state index in [2.05, 4.69) is 41.5 Å². The van der Waals surface area contributed by atoms with Gasteiger partial charge >= 0.3 is 7.12 Å². The van der Waals surface area contributed by atoms with Crippen LogP contribution in [0, 0.1) is 0 Å². The van der Waals surface area contributed by atoms with E-state index in [1.54, 1.807) is 0 Å². The maximum Gasteiger partial charge on any atom is 0.463 e. The third-order valence-corrected chi connectivity index (χ3v) is 4.36. The Morgan fingerprint density at radius 1 is 1.00 bits per heavy atom. The van der Waals surface area contributed by atoms with Crippen LogP contribution in [0.3, 0.4) is 0 Å². The molecule has 1 rings (SSSR count). The number of rotatable bonds is 5. The molecular weight excluding hydrogens is 234 g/mol. The van der Waals surface area contributed by atoms with Gasteiger partial charge in [0.2, 0.25) is 0 Å². The fraction of sp³-hybridized carbons (Fsp3) is 1.00. The van der Waals surface area contributed by atoms with Gasteiger partial charge in [-0.3, -0.25) is 0 Å². The summed E-state index contributed by atoms with van der Waals surface area (Å²) in [6.07, 6.45) is 3.27. The van der Waals surface area contributed by atoms with Crippen molar-refractivity contribution in [2.24, 2.45) is 0 Å². The van der Waals surface area contributed by atoms with Gasteiger partial charge in [-0.05, 0) is 45.9 Å². The third-order valence-electron chi connectivity index (χ3n) is 4.10. The first-order valence-corrected chi connectivity index (χ1v) is 7.07. The van der Waals surface area contributed by atoms with Crippen molar-refractivity contribution in [3.63, 3.8) is 0 Å². The fourth-order valence-electron chi connectivity index (χ4n) is 1.96. The quantitative estimate of drug-likeness (QED) is 0.418. The second kappa shape index (κ2) is 5.10. The van der Waals surface area contributed by atoms with Crippen molar-refractivity contribution in [1.29, 1.82) is 0 Å². The number of halogens is 1. The van der Waals surface area contributed by atoms with Crippen LogP contribution >= 0.6 is 11.6 Å². The molecule has 0 bridgehead atoms. The Morgan fingerprint density at radius 2 is 1.47 bits per heavy atom. The fourth-order valence-corrected chi connectivity index (χ4v) is 2.14. The summed E-state index contributed by atoms with van der Waals surface area (Å²) in [5.41, 5.74) is -0.469. The van der Waals surface area contributed by atoms with Crippen LogP contribution in [0.5, 0.6) is 0 Å². The van der Waals surface area contributed by atoms with E-state index in [1.807, 2.05) is 0 Å². The van der Waals surface area contributed by atoms with Crippen molar-refractivity contribution in [3.05, 3.63) is 0 Å². The Bertz CT molecular complexity index is 248. The molecule has 0 aromatic rings. The van der Waals surface area contributed by atoms with Gasteiger partial charge in [0.05, 0.1) is 11.2 Å². The molecule has 0 aromatic carbocycles. The lowest BCUT2D eigenvalue weighted by Crippen LogP contribution is -2.41. The topological polar surface area (TPSA) is 18.5 Å². The molecule has 0 radical (unpaired) electrons. The predicted octanol–water partition coefficient (Wildman–Crippen LogP) is 4.27. The van der Waals surface area contributed by atoms with Crippen molar-refractivity contribution in [1.82, 2.24) is 0 Å². The highest BCUT2D eigenvalue weighted by atomic mass is 35.5. The minimum absolute atomic E-state index is 0.0388. The van der Waals surface area contributed by atoms with Gasteiger partial charge in [0, 0.05) is 5.88 Å². The van der Waals surface area contributed by atoms with Gasteiger partial charge in [0.1, 0.15) is 0 Å².